The molecule has 0 heterocycles. The average molecular weight is 402 g/mol. The van der Waals surface area contributed by atoms with E-state index < -0.39 is 0 Å². The third-order valence-corrected chi connectivity index (χ3v) is 9.25. The van der Waals surface area contributed by atoms with Crippen LogP contribution in [-0.2, 0) is 19.1 Å². The van der Waals surface area contributed by atoms with Gasteiger partial charge in [-0.1, -0.05) is 25.5 Å². The lowest BCUT2D eigenvalue weighted by Crippen LogP contribution is -2.51. The first-order valence-electron chi connectivity index (χ1n) is 11.2. The summed E-state index contributed by atoms with van der Waals surface area (Å²) in [5.41, 5.74) is 7.22. The van der Waals surface area contributed by atoms with Gasteiger partial charge in [-0.3, -0.25) is 14.4 Å². The highest BCUT2D eigenvalue weighted by Crippen LogP contribution is 2.67. The lowest BCUT2D eigenvalue weighted by molar-refractivity contribution is -0.149. The Morgan fingerprint density at radius 3 is 2.45 bits per heavy atom. The normalized spacial score (nSPS) is 46.0. The van der Waals surface area contributed by atoms with Crippen LogP contribution in [0.2, 0.25) is 0 Å². The summed E-state index contributed by atoms with van der Waals surface area (Å²) >= 11 is 0. The highest BCUT2D eigenvalue weighted by atomic mass is 16.5. The van der Waals surface area contributed by atoms with E-state index in [0.29, 0.717) is 17.8 Å². The second kappa shape index (κ2) is 6.95. The number of fused-ring (bicyclic) bond motifs is 5. The van der Waals surface area contributed by atoms with Gasteiger partial charge in [-0.25, -0.2) is 0 Å². The Kier molecular flexibility index (Phi) is 4.94. The zero-order valence-corrected chi connectivity index (χ0v) is 18.2. The van der Waals surface area contributed by atoms with Crippen LogP contribution in [0.3, 0.4) is 0 Å². The maximum atomic E-state index is 12.5. The summed E-state index contributed by atoms with van der Waals surface area (Å²) < 4.78 is 5.52. The second-order valence-electron chi connectivity index (χ2n) is 10.6. The van der Waals surface area contributed by atoms with Gasteiger partial charge >= 0.3 is 5.97 Å². The van der Waals surface area contributed by atoms with Crippen molar-refractivity contribution in [2.24, 2.45) is 46.2 Å². The van der Waals surface area contributed by atoms with Crippen LogP contribution in [0.25, 0.3) is 0 Å². The van der Waals surface area contributed by atoms with Crippen molar-refractivity contribution < 1.29 is 19.1 Å². The van der Waals surface area contributed by atoms with E-state index in [1.807, 2.05) is 0 Å². The van der Waals surface area contributed by atoms with E-state index in [4.69, 9.17) is 10.5 Å². The van der Waals surface area contributed by atoms with Crippen LogP contribution in [-0.4, -0.2) is 23.8 Å². The molecule has 0 radical (unpaired) electrons. The molecule has 160 valence electrons. The number of hydrogen-bond donors (Lipinski definition) is 1. The first-order valence-corrected chi connectivity index (χ1v) is 11.2. The van der Waals surface area contributed by atoms with E-state index in [9.17, 15) is 14.4 Å². The molecule has 0 aromatic rings. The van der Waals surface area contributed by atoms with Crippen molar-refractivity contribution >= 4 is 17.7 Å². The molecule has 0 unspecified atom stereocenters. The van der Waals surface area contributed by atoms with Crippen molar-refractivity contribution in [2.45, 2.75) is 78.7 Å². The summed E-state index contributed by atoms with van der Waals surface area (Å²) in [6.07, 6.45) is 9.04. The van der Waals surface area contributed by atoms with Gasteiger partial charge in [0.15, 0.2) is 0 Å². The van der Waals surface area contributed by atoms with Gasteiger partial charge in [-0.15, -0.1) is 0 Å². The Morgan fingerprint density at radius 2 is 1.83 bits per heavy atom. The van der Waals surface area contributed by atoms with Crippen LogP contribution in [0, 0.1) is 40.4 Å². The van der Waals surface area contributed by atoms with E-state index in [1.165, 1.54) is 12.5 Å². The van der Waals surface area contributed by atoms with Crippen LogP contribution in [0.5, 0.6) is 0 Å². The number of nitrogens with two attached hydrogens (primary N) is 1. The maximum absolute atomic E-state index is 12.5. The number of carbonyl (C=O) groups is 3. The SMILES string of the molecule is CC(=O)O[C@H]1CC[C@@]2(C)C(=CC[C@H]3[C@@H]4C[C@@H](C(N)=O)[C@H](C(C)=O)[C@@]4(C)CC[C@@H]32)C1. The number of carbonyl (C=O) groups excluding carboxylic acids is 3. The van der Waals surface area contributed by atoms with E-state index in [-0.39, 0.29) is 46.4 Å². The van der Waals surface area contributed by atoms with E-state index in [1.54, 1.807) is 6.92 Å². The summed E-state index contributed by atoms with van der Waals surface area (Å²) in [5, 5.41) is 0. The van der Waals surface area contributed by atoms with E-state index in [0.717, 1.165) is 44.9 Å². The Morgan fingerprint density at radius 1 is 1.10 bits per heavy atom. The van der Waals surface area contributed by atoms with Crippen LogP contribution >= 0.6 is 0 Å². The third kappa shape index (κ3) is 3.07. The van der Waals surface area contributed by atoms with Crippen molar-refractivity contribution in [3.8, 4) is 0 Å². The first-order chi connectivity index (χ1) is 13.6. The number of primary amides is 1. The van der Waals surface area contributed by atoms with Crippen LogP contribution in [0.1, 0.15) is 72.6 Å². The quantitative estimate of drug-likeness (QED) is 0.576. The van der Waals surface area contributed by atoms with Gasteiger partial charge in [0, 0.05) is 25.2 Å². The number of rotatable bonds is 3. The molecule has 0 spiro atoms. The Balaban J connectivity index is 1.63. The number of Topliss-reactive ketones (excluding diaryl/α,β-unsaturated/α-hetero) is 1. The Labute approximate surface area is 173 Å². The van der Waals surface area contributed by atoms with Gasteiger partial charge in [0.1, 0.15) is 11.9 Å². The zero-order valence-electron chi connectivity index (χ0n) is 18.2. The monoisotopic (exact) mass is 401 g/mol. The molecule has 4 rings (SSSR count). The molecule has 4 aliphatic carbocycles. The highest BCUT2D eigenvalue weighted by molar-refractivity contribution is 5.88. The van der Waals surface area contributed by atoms with Crippen molar-refractivity contribution in [3.05, 3.63) is 11.6 Å². The molecular formula is C24H35NO4. The molecule has 8 atom stereocenters. The number of hydrogen-bond acceptors (Lipinski definition) is 4. The fourth-order valence-electron chi connectivity index (χ4n) is 8.04. The molecule has 0 aromatic heterocycles. The standard InChI is InChI=1S/C24H35NO4/c1-13(26)21-18(22(25)28)12-20-17-6-5-15-11-16(29-14(2)27)7-9-23(15,3)19(17)8-10-24(20,21)4/h5,16-21H,6-12H2,1-4H3,(H2,25,28)/t16-,17+,18+,19-,20-,21-,23-,24-/m0/s1. The Bertz CT molecular complexity index is 773. The topological polar surface area (TPSA) is 86.5 Å². The number of allylic oxidation sites excluding steroid dienone is 1. The van der Waals surface area contributed by atoms with Crippen molar-refractivity contribution in [2.75, 3.05) is 0 Å². The third-order valence-electron chi connectivity index (χ3n) is 9.25. The summed E-state index contributed by atoms with van der Waals surface area (Å²) in [4.78, 5) is 36.1. The molecule has 1 amide bonds. The number of esters is 1. The van der Waals surface area contributed by atoms with Crippen molar-refractivity contribution in [1.29, 1.82) is 0 Å². The van der Waals surface area contributed by atoms with Gasteiger partial charge in [-0.05, 0) is 74.0 Å². The number of ether oxygens (including phenoxy) is 1. The second-order valence-corrected chi connectivity index (χ2v) is 10.6. The molecule has 29 heavy (non-hydrogen) atoms. The fourth-order valence-corrected chi connectivity index (χ4v) is 8.04. The smallest absolute Gasteiger partial charge is 0.302 e. The summed E-state index contributed by atoms with van der Waals surface area (Å²) in [6.45, 7) is 7.76. The summed E-state index contributed by atoms with van der Waals surface area (Å²) in [5.74, 6) is 0.503. The lowest BCUT2D eigenvalue weighted by atomic mass is 9.47. The number of amides is 1. The number of ketones is 1. The molecule has 0 aliphatic heterocycles. The first kappa shape index (κ1) is 20.6. The minimum absolute atomic E-state index is 0.00467. The highest BCUT2D eigenvalue weighted by Gasteiger charge is 2.63. The Hall–Kier alpha value is -1.65. The summed E-state index contributed by atoms with van der Waals surface area (Å²) in [7, 11) is 0. The van der Waals surface area contributed by atoms with Crippen molar-refractivity contribution in [1.82, 2.24) is 0 Å². The van der Waals surface area contributed by atoms with Gasteiger partial charge < -0.3 is 10.5 Å². The molecule has 3 saturated carbocycles. The van der Waals surface area contributed by atoms with Gasteiger partial charge in [0.05, 0.1) is 0 Å². The predicted octanol–water partition coefficient (Wildman–Crippen LogP) is 3.80. The predicted molar refractivity (Wildman–Crippen MR) is 109 cm³/mol. The van der Waals surface area contributed by atoms with E-state index >= 15 is 0 Å². The molecular weight excluding hydrogens is 366 g/mol. The van der Waals surface area contributed by atoms with Crippen LogP contribution in [0.15, 0.2) is 11.6 Å². The van der Waals surface area contributed by atoms with Gasteiger partial charge in [0.25, 0.3) is 0 Å². The molecule has 4 aliphatic rings. The summed E-state index contributed by atoms with van der Waals surface area (Å²) in [6, 6.07) is 0. The van der Waals surface area contributed by atoms with Crippen LogP contribution in [0.4, 0.5) is 0 Å². The fraction of sp³-hybridized carbons (Fsp3) is 0.792. The molecule has 5 nitrogen and oxygen atoms in total. The molecule has 0 bridgehead atoms. The molecule has 0 aromatic carbocycles. The minimum Gasteiger partial charge on any atom is -0.462 e. The molecule has 5 heteroatoms. The van der Waals surface area contributed by atoms with Gasteiger partial charge in [-0.2, -0.15) is 0 Å². The van der Waals surface area contributed by atoms with Gasteiger partial charge in [0.2, 0.25) is 5.91 Å². The molecule has 3 fully saturated rings. The van der Waals surface area contributed by atoms with Crippen LogP contribution < -0.4 is 5.73 Å². The maximum Gasteiger partial charge on any atom is 0.302 e. The largest absolute Gasteiger partial charge is 0.462 e. The molecule has 2 N–H and O–H groups in total. The zero-order chi connectivity index (χ0) is 21.1. The lowest BCUT2D eigenvalue weighted by Gasteiger charge is -2.58. The molecule has 0 saturated heterocycles. The minimum atomic E-state index is -0.320. The van der Waals surface area contributed by atoms with Crippen molar-refractivity contribution in [3.63, 3.8) is 0 Å². The average Bonchev–Trinajstić information content (AvgIpc) is 2.95. The van der Waals surface area contributed by atoms with E-state index in [2.05, 4.69) is 19.9 Å².